The van der Waals surface area contributed by atoms with Gasteiger partial charge in [-0.3, -0.25) is 4.79 Å². The molecule has 1 aliphatic heterocycles. The summed E-state index contributed by atoms with van der Waals surface area (Å²) in [7, 11) is 0. The van der Waals surface area contributed by atoms with E-state index < -0.39 is 0 Å². The van der Waals surface area contributed by atoms with Crippen molar-refractivity contribution in [2.24, 2.45) is 5.92 Å². The minimum Gasteiger partial charge on any atom is -0.339 e. The fraction of sp³-hybridized carbons (Fsp3) is 0.471. The third-order valence-electron chi connectivity index (χ3n) is 4.17. The molecule has 6 heteroatoms. The molecule has 0 bridgehead atoms. The molecule has 2 heterocycles. The summed E-state index contributed by atoms with van der Waals surface area (Å²) in [4.78, 5) is 16.3. The Hall–Kier alpha value is -2.21. The smallest absolute Gasteiger partial charge is 0.224 e. The molecule has 1 aromatic carbocycles. The van der Waals surface area contributed by atoms with Crippen LogP contribution in [-0.2, 0) is 4.79 Å². The van der Waals surface area contributed by atoms with E-state index in [9.17, 15) is 4.79 Å². The van der Waals surface area contributed by atoms with E-state index in [0.717, 1.165) is 30.8 Å². The van der Waals surface area contributed by atoms with Gasteiger partial charge in [-0.05, 0) is 50.4 Å². The summed E-state index contributed by atoms with van der Waals surface area (Å²) >= 11 is 0. The van der Waals surface area contributed by atoms with Crippen molar-refractivity contribution in [1.29, 1.82) is 0 Å². The second kappa shape index (κ2) is 7.37. The monoisotopic (exact) mass is 314 g/mol. The fourth-order valence-corrected chi connectivity index (χ4v) is 2.88. The molecule has 2 aromatic rings. The van der Waals surface area contributed by atoms with Crippen molar-refractivity contribution in [3.05, 3.63) is 30.2 Å². The minimum absolute atomic E-state index is 0.0602. The van der Waals surface area contributed by atoms with Gasteiger partial charge in [0, 0.05) is 24.6 Å². The molecular weight excluding hydrogens is 292 g/mol. The summed E-state index contributed by atoms with van der Waals surface area (Å²) in [5.74, 6) is 1.78. The van der Waals surface area contributed by atoms with Crippen molar-refractivity contribution in [3.63, 3.8) is 0 Å². The van der Waals surface area contributed by atoms with Crippen molar-refractivity contribution in [3.8, 4) is 11.4 Å². The molecule has 2 N–H and O–H groups in total. The Balaban J connectivity index is 1.56. The van der Waals surface area contributed by atoms with Crippen molar-refractivity contribution in [1.82, 2.24) is 15.5 Å². The lowest BCUT2D eigenvalue weighted by atomic mass is 9.93. The van der Waals surface area contributed by atoms with Gasteiger partial charge in [-0.25, -0.2) is 0 Å². The Bertz CT molecular complexity index is 662. The maximum atomic E-state index is 12.1. The van der Waals surface area contributed by atoms with Gasteiger partial charge in [-0.2, -0.15) is 4.98 Å². The Morgan fingerprint density at radius 1 is 1.39 bits per heavy atom. The highest BCUT2D eigenvalue weighted by Crippen LogP contribution is 2.21. The zero-order chi connectivity index (χ0) is 16.1. The lowest BCUT2D eigenvalue weighted by molar-refractivity contribution is -0.116. The average Bonchev–Trinajstić information content (AvgIpc) is 3.01. The number of rotatable bonds is 5. The first-order valence-corrected chi connectivity index (χ1v) is 8.12. The molecule has 0 radical (unpaired) electrons. The summed E-state index contributed by atoms with van der Waals surface area (Å²) < 4.78 is 4.99. The van der Waals surface area contributed by atoms with Gasteiger partial charge in [0.05, 0.1) is 0 Å². The summed E-state index contributed by atoms with van der Waals surface area (Å²) in [5.41, 5.74) is 1.60. The fourth-order valence-electron chi connectivity index (χ4n) is 2.88. The molecule has 0 atom stereocenters. The van der Waals surface area contributed by atoms with Gasteiger partial charge in [0.1, 0.15) is 0 Å². The van der Waals surface area contributed by atoms with Gasteiger partial charge in [0.2, 0.25) is 17.6 Å². The number of benzene rings is 1. The first-order valence-electron chi connectivity index (χ1n) is 8.12. The Kier molecular flexibility index (Phi) is 5.02. The summed E-state index contributed by atoms with van der Waals surface area (Å²) in [6, 6.07) is 7.52. The molecule has 0 spiro atoms. The normalized spacial score (nSPS) is 15.5. The van der Waals surface area contributed by atoms with E-state index in [0.29, 0.717) is 24.1 Å². The van der Waals surface area contributed by atoms with Crippen LogP contribution in [0.3, 0.4) is 0 Å². The van der Waals surface area contributed by atoms with Crippen LogP contribution in [0.1, 0.15) is 31.6 Å². The van der Waals surface area contributed by atoms with Crippen molar-refractivity contribution in [2.45, 2.75) is 32.6 Å². The molecule has 0 saturated carbocycles. The Morgan fingerprint density at radius 3 is 2.96 bits per heavy atom. The van der Waals surface area contributed by atoms with E-state index in [2.05, 4.69) is 20.8 Å². The molecular formula is C17H22N4O2. The second-order valence-corrected chi connectivity index (χ2v) is 6.00. The molecule has 1 aliphatic rings. The second-order valence-electron chi connectivity index (χ2n) is 6.00. The van der Waals surface area contributed by atoms with Crippen LogP contribution in [0.15, 0.2) is 28.8 Å². The quantitative estimate of drug-likeness (QED) is 0.887. The molecule has 1 aromatic heterocycles. The van der Waals surface area contributed by atoms with Crippen LogP contribution in [0.2, 0.25) is 0 Å². The molecule has 1 saturated heterocycles. The standard InChI is InChI=1S/C17H22N4O2/c1-12-19-17(21-23-12)14-3-2-4-15(11-14)20-16(22)6-5-13-7-9-18-10-8-13/h2-4,11,13,18H,5-10H2,1H3,(H,20,22). The van der Waals surface area contributed by atoms with Gasteiger partial charge in [-0.1, -0.05) is 17.3 Å². The highest BCUT2D eigenvalue weighted by atomic mass is 16.5. The number of aromatic nitrogens is 2. The zero-order valence-electron chi connectivity index (χ0n) is 13.3. The highest BCUT2D eigenvalue weighted by molar-refractivity contribution is 5.91. The largest absolute Gasteiger partial charge is 0.339 e. The number of piperidine rings is 1. The van der Waals surface area contributed by atoms with E-state index in [1.807, 2.05) is 24.3 Å². The van der Waals surface area contributed by atoms with Crippen LogP contribution < -0.4 is 10.6 Å². The number of carbonyl (C=O) groups is 1. The number of hydrogen-bond donors (Lipinski definition) is 2. The maximum absolute atomic E-state index is 12.1. The van der Waals surface area contributed by atoms with Crippen LogP contribution in [-0.4, -0.2) is 29.1 Å². The average molecular weight is 314 g/mol. The minimum atomic E-state index is 0.0602. The summed E-state index contributed by atoms with van der Waals surface area (Å²) in [6.07, 6.45) is 3.85. The SMILES string of the molecule is Cc1nc(-c2cccc(NC(=O)CCC3CCNCC3)c2)no1. The van der Waals surface area contributed by atoms with Crippen LogP contribution in [0.4, 0.5) is 5.69 Å². The summed E-state index contributed by atoms with van der Waals surface area (Å²) in [6.45, 7) is 3.89. The van der Waals surface area contributed by atoms with Crippen LogP contribution >= 0.6 is 0 Å². The number of nitrogens with one attached hydrogen (secondary N) is 2. The lowest BCUT2D eigenvalue weighted by Gasteiger charge is -2.22. The van der Waals surface area contributed by atoms with Crippen LogP contribution in [0, 0.1) is 12.8 Å². The number of hydrogen-bond acceptors (Lipinski definition) is 5. The molecule has 0 aliphatic carbocycles. The number of aryl methyl sites for hydroxylation is 1. The third kappa shape index (κ3) is 4.39. The Morgan fingerprint density at radius 2 is 2.22 bits per heavy atom. The number of carbonyl (C=O) groups excluding carboxylic acids is 1. The van der Waals surface area contributed by atoms with Gasteiger partial charge in [0.25, 0.3) is 0 Å². The van der Waals surface area contributed by atoms with Gasteiger partial charge >= 0.3 is 0 Å². The maximum Gasteiger partial charge on any atom is 0.224 e. The molecule has 1 amide bonds. The van der Waals surface area contributed by atoms with E-state index in [1.54, 1.807) is 6.92 Å². The first-order chi connectivity index (χ1) is 11.2. The van der Waals surface area contributed by atoms with Gasteiger partial charge in [-0.15, -0.1) is 0 Å². The number of anilines is 1. The predicted octanol–water partition coefficient (Wildman–Crippen LogP) is 2.76. The van der Waals surface area contributed by atoms with Crippen molar-refractivity contribution >= 4 is 11.6 Å². The predicted molar refractivity (Wildman–Crippen MR) is 87.9 cm³/mol. The van der Waals surface area contributed by atoms with E-state index in [-0.39, 0.29) is 5.91 Å². The van der Waals surface area contributed by atoms with E-state index >= 15 is 0 Å². The lowest BCUT2D eigenvalue weighted by Crippen LogP contribution is -2.28. The topological polar surface area (TPSA) is 80.0 Å². The van der Waals surface area contributed by atoms with Crippen LogP contribution in [0.5, 0.6) is 0 Å². The first kappa shape index (κ1) is 15.7. The summed E-state index contributed by atoms with van der Waals surface area (Å²) in [5, 5.41) is 10.2. The van der Waals surface area contributed by atoms with Crippen molar-refractivity contribution < 1.29 is 9.32 Å². The Labute approximate surface area is 135 Å². The molecule has 23 heavy (non-hydrogen) atoms. The third-order valence-corrected chi connectivity index (χ3v) is 4.17. The van der Waals surface area contributed by atoms with Gasteiger partial charge in [0.15, 0.2) is 0 Å². The van der Waals surface area contributed by atoms with E-state index in [1.165, 1.54) is 12.8 Å². The van der Waals surface area contributed by atoms with E-state index in [4.69, 9.17) is 4.52 Å². The zero-order valence-corrected chi connectivity index (χ0v) is 13.3. The highest BCUT2D eigenvalue weighted by Gasteiger charge is 2.14. The molecule has 3 rings (SSSR count). The number of nitrogens with zero attached hydrogens (tertiary/aromatic N) is 2. The van der Waals surface area contributed by atoms with Crippen molar-refractivity contribution in [2.75, 3.05) is 18.4 Å². The molecule has 0 unspecified atom stereocenters. The molecule has 1 fully saturated rings. The molecule has 6 nitrogen and oxygen atoms in total. The molecule has 122 valence electrons. The number of amides is 1. The van der Waals surface area contributed by atoms with Crippen LogP contribution in [0.25, 0.3) is 11.4 Å². The van der Waals surface area contributed by atoms with Gasteiger partial charge < -0.3 is 15.2 Å².